The van der Waals surface area contributed by atoms with Gasteiger partial charge in [-0.3, -0.25) is 9.69 Å². The van der Waals surface area contributed by atoms with E-state index in [-0.39, 0.29) is 18.3 Å². The molecule has 2 aromatic rings. The molecule has 0 atom stereocenters. The number of nitrogens with zero attached hydrogens (tertiary/aromatic N) is 1. The number of benzene rings is 2. The zero-order chi connectivity index (χ0) is 17.5. The SMILES string of the molecule is CC(C(=O)NCCN1CCOCC1)(c1ccccc1)c1ccccc1.Cl. The summed E-state index contributed by atoms with van der Waals surface area (Å²) in [6.07, 6.45) is 0. The van der Waals surface area contributed by atoms with Crippen LogP contribution >= 0.6 is 12.4 Å². The van der Waals surface area contributed by atoms with Crippen molar-refractivity contribution in [1.82, 2.24) is 10.2 Å². The minimum atomic E-state index is -0.701. The summed E-state index contributed by atoms with van der Waals surface area (Å²) in [6, 6.07) is 20.0. The summed E-state index contributed by atoms with van der Waals surface area (Å²) < 4.78 is 5.37. The van der Waals surface area contributed by atoms with Crippen LogP contribution in [-0.4, -0.2) is 50.2 Å². The molecule has 140 valence electrons. The van der Waals surface area contributed by atoms with Crippen molar-refractivity contribution in [3.8, 4) is 0 Å². The highest BCUT2D eigenvalue weighted by atomic mass is 35.5. The van der Waals surface area contributed by atoms with E-state index < -0.39 is 5.41 Å². The highest BCUT2D eigenvalue weighted by Gasteiger charge is 2.36. The Morgan fingerprint density at radius 1 is 1.00 bits per heavy atom. The van der Waals surface area contributed by atoms with Crippen molar-refractivity contribution >= 4 is 18.3 Å². The number of hydrogen-bond donors (Lipinski definition) is 1. The number of nitrogens with one attached hydrogen (secondary N) is 1. The van der Waals surface area contributed by atoms with Gasteiger partial charge >= 0.3 is 0 Å². The van der Waals surface area contributed by atoms with Gasteiger partial charge in [0.15, 0.2) is 0 Å². The molecule has 0 aromatic heterocycles. The number of morpholine rings is 1. The summed E-state index contributed by atoms with van der Waals surface area (Å²) in [5, 5.41) is 3.15. The molecule has 1 aliphatic rings. The zero-order valence-corrected chi connectivity index (χ0v) is 16.0. The molecule has 4 nitrogen and oxygen atoms in total. The summed E-state index contributed by atoms with van der Waals surface area (Å²) in [7, 11) is 0. The first-order valence-electron chi connectivity index (χ1n) is 8.91. The van der Waals surface area contributed by atoms with Gasteiger partial charge in [-0.1, -0.05) is 60.7 Å². The number of ether oxygens (including phenoxy) is 1. The van der Waals surface area contributed by atoms with Crippen LogP contribution in [0.5, 0.6) is 0 Å². The van der Waals surface area contributed by atoms with Gasteiger partial charge in [0.1, 0.15) is 0 Å². The lowest BCUT2D eigenvalue weighted by Crippen LogP contribution is -2.47. The van der Waals surface area contributed by atoms with Crippen molar-refractivity contribution in [1.29, 1.82) is 0 Å². The molecule has 1 saturated heterocycles. The van der Waals surface area contributed by atoms with Crippen LogP contribution in [0, 0.1) is 0 Å². The Hall–Kier alpha value is -1.88. The van der Waals surface area contributed by atoms with Gasteiger partial charge in [-0.15, -0.1) is 12.4 Å². The third-order valence-corrected chi connectivity index (χ3v) is 4.97. The van der Waals surface area contributed by atoms with Crippen molar-refractivity contribution in [3.05, 3.63) is 71.8 Å². The largest absolute Gasteiger partial charge is 0.379 e. The second kappa shape index (κ2) is 9.72. The number of hydrogen-bond acceptors (Lipinski definition) is 3. The zero-order valence-electron chi connectivity index (χ0n) is 15.2. The van der Waals surface area contributed by atoms with Crippen molar-refractivity contribution in [2.75, 3.05) is 39.4 Å². The smallest absolute Gasteiger partial charge is 0.234 e. The van der Waals surface area contributed by atoms with Gasteiger partial charge in [0.2, 0.25) is 5.91 Å². The molecule has 0 saturated carbocycles. The molecule has 0 unspecified atom stereocenters. The van der Waals surface area contributed by atoms with Gasteiger partial charge in [0.25, 0.3) is 0 Å². The molecule has 2 aromatic carbocycles. The van der Waals surface area contributed by atoms with E-state index in [2.05, 4.69) is 10.2 Å². The molecular formula is C21H27ClN2O2. The van der Waals surface area contributed by atoms with Crippen molar-refractivity contribution < 1.29 is 9.53 Å². The minimum absolute atomic E-state index is 0. The molecule has 1 N–H and O–H groups in total. The first-order chi connectivity index (χ1) is 12.2. The molecule has 0 spiro atoms. The molecule has 1 amide bonds. The van der Waals surface area contributed by atoms with E-state index in [0.29, 0.717) is 6.54 Å². The van der Waals surface area contributed by atoms with Crippen LogP contribution in [0.2, 0.25) is 0 Å². The number of carbonyl (C=O) groups excluding carboxylic acids is 1. The number of amides is 1. The van der Waals surface area contributed by atoms with Gasteiger partial charge < -0.3 is 10.1 Å². The van der Waals surface area contributed by atoms with Crippen molar-refractivity contribution in [2.24, 2.45) is 0 Å². The average molecular weight is 375 g/mol. The monoisotopic (exact) mass is 374 g/mol. The summed E-state index contributed by atoms with van der Waals surface area (Å²) >= 11 is 0. The van der Waals surface area contributed by atoms with E-state index in [1.165, 1.54) is 0 Å². The Bertz CT molecular complexity index is 633. The van der Waals surface area contributed by atoms with E-state index in [1.807, 2.05) is 67.6 Å². The molecule has 1 heterocycles. The van der Waals surface area contributed by atoms with Gasteiger partial charge in [0.05, 0.1) is 18.6 Å². The summed E-state index contributed by atoms with van der Waals surface area (Å²) in [6.45, 7) is 6.93. The first kappa shape index (κ1) is 20.4. The molecule has 0 aliphatic carbocycles. The fraction of sp³-hybridized carbons (Fsp3) is 0.381. The molecule has 5 heteroatoms. The lowest BCUT2D eigenvalue weighted by molar-refractivity contribution is -0.124. The number of carbonyl (C=O) groups is 1. The standard InChI is InChI=1S/C21H26N2O2.ClH/c1-21(18-8-4-2-5-9-18,19-10-6-3-7-11-19)20(24)22-12-13-23-14-16-25-17-15-23;/h2-11H,12-17H2,1H3,(H,22,24);1H. The van der Waals surface area contributed by atoms with Crippen LogP contribution in [-0.2, 0) is 14.9 Å². The maximum atomic E-state index is 13.2. The Labute approximate surface area is 162 Å². The van der Waals surface area contributed by atoms with Crippen LogP contribution in [0.4, 0.5) is 0 Å². The Morgan fingerprint density at radius 3 is 2.00 bits per heavy atom. The van der Waals surface area contributed by atoms with Crippen LogP contribution in [0.15, 0.2) is 60.7 Å². The quantitative estimate of drug-likeness (QED) is 0.845. The molecule has 0 bridgehead atoms. The normalized spacial score (nSPS) is 15.1. The number of halogens is 1. The van der Waals surface area contributed by atoms with E-state index in [0.717, 1.165) is 44.0 Å². The van der Waals surface area contributed by atoms with Crippen molar-refractivity contribution in [2.45, 2.75) is 12.3 Å². The van der Waals surface area contributed by atoms with E-state index in [1.54, 1.807) is 0 Å². The van der Waals surface area contributed by atoms with Crippen molar-refractivity contribution in [3.63, 3.8) is 0 Å². The predicted molar refractivity (Wildman–Crippen MR) is 107 cm³/mol. The molecule has 1 fully saturated rings. The summed E-state index contributed by atoms with van der Waals surface area (Å²) in [5.41, 5.74) is 1.31. The highest BCUT2D eigenvalue weighted by molar-refractivity contribution is 5.91. The van der Waals surface area contributed by atoms with Crippen LogP contribution in [0.1, 0.15) is 18.1 Å². The van der Waals surface area contributed by atoms with Gasteiger partial charge in [0, 0.05) is 26.2 Å². The third kappa shape index (κ3) is 4.64. The second-order valence-corrected chi connectivity index (χ2v) is 6.57. The maximum Gasteiger partial charge on any atom is 0.234 e. The molecule has 0 radical (unpaired) electrons. The fourth-order valence-corrected chi connectivity index (χ4v) is 3.30. The first-order valence-corrected chi connectivity index (χ1v) is 8.91. The minimum Gasteiger partial charge on any atom is -0.379 e. The van der Waals surface area contributed by atoms with Gasteiger partial charge in [-0.05, 0) is 18.1 Å². The van der Waals surface area contributed by atoms with Crippen LogP contribution in [0.3, 0.4) is 0 Å². The Morgan fingerprint density at radius 2 is 1.50 bits per heavy atom. The fourth-order valence-electron chi connectivity index (χ4n) is 3.30. The van der Waals surface area contributed by atoms with Crippen LogP contribution in [0.25, 0.3) is 0 Å². The molecular weight excluding hydrogens is 348 g/mol. The highest BCUT2D eigenvalue weighted by Crippen LogP contribution is 2.32. The van der Waals surface area contributed by atoms with E-state index in [4.69, 9.17) is 4.74 Å². The van der Waals surface area contributed by atoms with E-state index in [9.17, 15) is 4.79 Å². The second-order valence-electron chi connectivity index (χ2n) is 6.57. The summed E-state index contributed by atoms with van der Waals surface area (Å²) in [4.78, 5) is 15.5. The van der Waals surface area contributed by atoms with Crippen LogP contribution < -0.4 is 5.32 Å². The Kier molecular flexibility index (Phi) is 7.64. The van der Waals surface area contributed by atoms with Gasteiger partial charge in [-0.2, -0.15) is 0 Å². The topological polar surface area (TPSA) is 41.6 Å². The molecule has 26 heavy (non-hydrogen) atoms. The lowest BCUT2D eigenvalue weighted by Gasteiger charge is -2.31. The lowest BCUT2D eigenvalue weighted by atomic mass is 9.75. The number of rotatable bonds is 6. The molecule has 1 aliphatic heterocycles. The Balaban J connectivity index is 0.00000243. The van der Waals surface area contributed by atoms with E-state index >= 15 is 0 Å². The maximum absolute atomic E-state index is 13.2. The third-order valence-electron chi connectivity index (χ3n) is 4.97. The summed E-state index contributed by atoms with van der Waals surface area (Å²) in [5.74, 6) is 0.0400. The molecule has 3 rings (SSSR count). The predicted octanol–water partition coefficient (Wildman–Crippen LogP) is 2.86. The average Bonchev–Trinajstić information content (AvgIpc) is 2.69. The van der Waals surface area contributed by atoms with Gasteiger partial charge in [-0.25, -0.2) is 0 Å².